The zero-order chi connectivity index (χ0) is 10.2. The number of hydrogen-bond acceptors (Lipinski definition) is 1. The summed E-state index contributed by atoms with van der Waals surface area (Å²) in [6.07, 6.45) is 6.76. The molecule has 6 heteroatoms. The van der Waals surface area contributed by atoms with E-state index < -0.39 is 7.75 Å². The summed E-state index contributed by atoms with van der Waals surface area (Å²) < 4.78 is 10.3. The molecule has 0 unspecified atom stereocenters. The Hall–Kier alpha value is 1.37. The van der Waals surface area contributed by atoms with Crippen molar-refractivity contribution in [1.29, 1.82) is 0 Å². The van der Waals surface area contributed by atoms with E-state index in [1.54, 1.807) is 0 Å². The number of rotatable bonds is 8. The third-order valence-corrected chi connectivity index (χ3v) is 2.48. The van der Waals surface area contributed by atoms with Gasteiger partial charge in [0, 0.05) is 6.54 Å². The maximum atomic E-state index is 10.3. The van der Waals surface area contributed by atoms with Crippen molar-refractivity contribution in [3.8, 4) is 0 Å². The Kier molecular flexibility index (Phi) is 13.8. The first-order valence-electron chi connectivity index (χ1n) is 4.87. The van der Waals surface area contributed by atoms with Crippen LogP contribution in [0.5, 0.6) is 0 Å². The van der Waals surface area contributed by atoms with Crippen LogP contribution in [0, 0.1) is 0 Å². The third-order valence-electron chi connectivity index (χ3n) is 1.85. The summed E-state index contributed by atoms with van der Waals surface area (Å²) in [5.74, 6) is 0. The molecule has 4 nitrogen and oxygen atoms in total. The van der Waals surface area contributed by atoms with Gasteiger partial charge >= 0.3 is 45.5 Å². The zero-order valence-electron chi connectivity index (χ0n) is 8.20. The van der Waals surface area contributed by atoms with Gasteiger partial charge in [0.1, 0.15) is 0 Å². The van der Waals surface area contributed by atoms with E-state index in [1.165, 1.54) is 19.3 Å². The van der Waals surface area contributed by atoms with Crippen molar-refractivity contribution < 1.29 is 14.4 Å². The Morgan fingerprint density at radius 3 is 2.07 bits per heavy atom. The van der Waals surface area contributed by atoms with Crippen LogP contribution >= 0.6 is 7.75 Å². The normalized spacial score (nSPS) is 11.1. The first kappa shape index (κ1) is 17.8. The zero-order valence-corrected chi connectivity index (χ0v) is 9.09. The van der Waals surface area contributed by atoms with E-state index in [-0.39, 0.29) is 37.7 Å². The molecule has 0 aromatic carbocycles. The van der Waals surface area contributed by atoms with Crippen molar-refractivity contribution in [2.24, 2.45) is 0 Å². The Balaban J connectivity index is 0. The Morgan fingerprint density at radius 2 is 1.57 bits per heavy atom. The molecule has 0 heterocycles. The molecule has 0 aliphatic carbocycles. The van der Waals surface area contributed by atoms with Gasteiger partial charge in [-0.3, -0.25) is 0 Å². The minimum absolute atomic E-state index is 0. The summed E-state index contributed by atoms with van der Waals surface area (Å²) in [5.41, 5.74) is 0. The van der Waals surface area contributed by atoms with Gasteiger partial charge in [0.05, 0.1) is 0 Å². The van der Waals surface area contributed by atoms with Crippen LogP contribution in [0.25, 0.3) is 0 Å². The van der Waals surface area contributed by atoms with Crippen molar-refractivity contribution in [3.63, 3.8) is 0 Å². The quantitative estimate of drug-likeness (QED) is 0.343. The minimum atomic E-state index is -3.98. The van der Waals surface area contributed by atoms with Crippen LogP contribution in [-0.2, 0) is 4.57 Å². The van der Waals surface area contributed by atoms with Crippen molar-refractivity contribution in [2.75, 3.05) is 6.54 Å². The van der Waals surface area contributed by atoms with Gasteiger partial charge in [0.25, 0.3) is 0 Å². The van der Waals surface area contributed by atoms with E-state index in [4.69, 9.17) is 9.79 Å². The van der Waals surface area contributed by atoms with E-state index in [0.29, 0.717) is 6.54 Å². The number of unbranched alkanes of at least 4 members (excludes halogenated alkanes) is 5. The molecule has 0 aromatic rings. The van der Waals surface area contributed by atoms with E-state index in [2.05, 4.69) is 12.0 Å². The maximum absolute atomic E-state index is 10.3. The fraction of sp³-hybridized carbons (Fsp3) is 1.00. The molecule has 0 aliphatic rings. The van der Waals surface area contributed by atoms with Gasteiger partial charge in [0.15, 0.2) is 0 Å². The van der Waals surface area contributed by atoms with Gasteiger partial charge in [-0.2, -0.15) is 0 Å². The van der Waals surface area contributed by atoms with E-state index in [9.17, 15) is 4.57 Å². The van der Waals surface area contributed by atoms with Crippen LogP contribution < -0.4 is 5.09 Å². The average Bonchev–Trinajstić information content (AvgIpc) is 2.01. The van der Waals surface area contributed by atoms with Crippen molar-refractivity contribution >= 4 is 45.5 Å². The van der Waals surface area contributed by atoms with Crippen LogP contribution in [0.2, 0.25) is 0 Å². The monoisotopic (exact) mass is 251 g/mol. The van der Waals surface area contributed by atoms with Crippen molar-refractivity contribution in [1.82, 2.24) is 5.09 Å². The molecule has 0 aromatic heterocycles. The van der Waals surface area contributed by atoms with Gasteiger partial charge in [-0.25, -0.2) is 9.65 Å². The van der Waals surface area contributed by atoms with Crippen LogP contribution in [0.15, 0.2) is 0 Å². The van der Waals surface area contributed by atoms with E-state index >= 15 is 0 Å². The van der Waals surface area contributed by atoms with Crippen molar-refractivity contribution in [3.05, 3.63) is 0 Å². The summed E-state index contributed by atoms with van der Waals surface area (Å²) in [6.45, 7) is 2.58. The summed E-state index contributed by atoms with van der Waals surface area (Å²) in [7, 11) is -3.98. The molecule has 84 valence electrons. The fourth-order valence-electron chi connectivity index (χ4n) is 1.13. The summed E-state index contributed by atoms with van der Waals surface area (Å²) >= 11 is 0. The molecule has 0 aliphatic heterocycles. The predicted molar refractivity (Wildman–Crippen MR) is 62.0 cm³/mol. The molecule has 0 saturated carbocycles. The van der Waals surface area contributed by atoms with E-state index in [0.717, 1.165) is 19.3 Å². The molecule has 0 radical (unpaired) electrons. The molecule has 0 atom stereocenters. The third kappa shape index (κ3) is 15.8. The van der Waals surface area contributed by atoms with Gasteiger partial charge < -0.3 is 9.79 Å². The van der Waals surface area contributed by atoms with Gasteiger partial charge in [-0.1, -0.05) is 39.0 Å². The Bertz CT molecular complexity index is 163. The molecule has 0 bridgehead atoms. The summed E-state index contributed by atoms with van der Waals surface area (Å²) in [6, 6.07) is 0. The Labute approximate surface area is 116 Å². The van der Waals surface area contributed by atoms with Crippen LogP contribution in [0.3, 0.4) is 0 Å². The number of hydrogen-bond donors (Lipinski definition) is 3. The standard InChI is InChI=1S/C8H20NO3P.Ca.2H/c1-2-3-4-5-6-7-8-9-13(10,11)12;;;/h2-8H2,1H3,(H3,9,10,11,12);;;. The molecular formula is C8H22CaNO3P. The summed E-state index contributed by atoms with van der Waals surface area (Å²) in [5, 5.41) is 2.18. The number of nitrogens with one attached hydrogen (secondary N) is 1. The van der Waals surface area contributed by atoms with E-state index in [1.807, 2.05) is 0 Å². The SMILES string of the molecule is CCCCCCCCNP(=O)(O)O.[CaH2]. The molecule has 14 heavy (non-hydrogen) atoms. The molecule has 0 rings (SSSR count). The molecule has 0 amide bonds. The molecule has 0 fully saturated rings. The van der Waals surface area contributed by atoms with Gasteiger partial charge in [0.2, 0.25) is 0 Å². The van der Waals surface area contributed by atoms with Crippen LogP contribution in [-0.4, -0.2) is 54.1 Å². The Morgan fingerprint density at radius 1 is 1.07 bits per heavy atom. The molecule has 3 N–H and O–H groups in total. The van der Waals surface area contributed by atoms with Crippen LogP contribution in [0.4, 0.5) is 0 Å². The average molecular weight is 251 g/mol. The molecule has 0 saturated heterocycles. The predicted octanol–water partition coefficient (Wildman–Crippen LogP) is 1.11. The van der Waals surface area contributed by atoms with Crippen molar-refractivity contribution in [2.45, 2.75) is 45.4 Å². The van der Waals surface area contributed by atoms with Gasteiger partial charge in [-0.05, 0) is 6.42 Å². The first-order valence-corrected chi connectivity index (χ1v) is 6.48. The molecule has 0 spiro atoms. The topological polar surface area (TPSA) is 69.6 Å². The van der Waals surface area contributed by atoms with Gasteiger partial charge in [-0.15, -0.1) is 0 Å². The summed E-state index contributed by atoms with van der Waals surface area (Å²) in [4.78, 5) is 16.9. The fourth-order valence-corrected chi connectivity index (χ4v) is 1.58. The molecular weight excluding hydrogens is 229 g/mol. The van der Waals surface area contributed by atoms with Crippen LogP contribution in [0.1, 0.15) is 45.4 Å². The second-order valence-electron chi connectivity index (χ2n) is 3.22. The second kappa shape index (κ2) is 10.9. The second-order valence-corrected chi connectivity index (χ2v) is 4.62. The first-order chi connectivity index (χ1) is 6.06.